The standard InChI is InChI=1S/C41H48N6O4/c1-39(2,3)50-37(48)46-20-8-10-34(46)35-43-31-18-14-27(23-32(31)44-35)12-11-26-13-15-29-24-30(17-16-28(29)22-26)33-25-42-36(45-33)41(7)19-9-21-47(41)38(49)51-40(4,5)6/h11-18,22-25,34H,8-10,19-21H2,1-7H3,(H,42,45)(H,43,44)/b12-11+/t34-,41+/m0/s1. The molecule has 0 spiro atoms. The monoisotopic (exact) mass is 688 g/mol. The molecule has 0 saturated carbocycles. The molecule has 2 atom stereocenters. The number of hydrogen-bond acceptors (Lipinski definition) is 6. The molecule has 2 aliphatic rings. The summed E-state index contributed by atoms with van der Waals surface area (Å²) in [6.07, 6.45) is 8.97. The van der Waals surface area contributed by atoms with Gasteiger partial charge in [0, 0.05) is 18.7 Å². The Balaban J connectivity index is 1.05. The molecule has 2 fully saturated rings. The summed E-state index contributed by atoms with van der Waals surface area (Å²) in [6.45, 7) is 14.7. The zero-order valence-corrected chi connectivity index (χ0v) is 30.7. The van der Waals surface area contributed by atoms with E-state index in [4.69, 9.17) is 19.4 Å². The van der Waals surface area contributed by atoms with Gasteiger partial charge < -0.3 is 19.4 Å². The summed E-state index contributed by atoms with van der Waals surface area (Å²) in [4.78, 5) is 46.0. The molecule has 0 bridgehead atoms. The Hall–Kier alpha value is -5.12. The van der Waals surface area contributed by atoms with Gasteiger partial charge >= 0.3 is 12.2 Å². The molecule has 0 radical (unpaired) electrons. The Kier molecular flexibility index (Phi) is 8.68. The van der Waals surface area contributed by atoms with Crippen molar-refractivity contribution in [1.29, 1.82) is 0 Å². The molecule has 5 aromatic rings. The third-order valence-electron chi connectivity index (χ3n) is 9.71. The van der Waals surface area contributed by atoms with Crippen LogP contribution in [0.25, 0.3) is 45.2 Å². The highest BCUT2D eigenvalue weighted by atomic mass is 16.6. The van der Waals surface area contributed by atoms with Crippen molar-refractivity contribution < 1.29 is 19.1 Å². The normalized spacial score (nSPS) is 19.9. The second-order valence-electron chi connectivity index (χ2n) is 16.0. The Labute approximate surface area is 299 Å². The lowest BCUT2D eigenvalue weighted by Crippen LogP contribution is -2.46. The summed E-state index contributed by atoms with van der Waals surface area (Å²) in [7, 11) is 0. The number of amides is 2. The van der Waals surface area contributed by atoms with E-state index in [0.29, 0.717) is 13.1 Å². The first kappa shape index (κ1) is 34.3. The summed E-state index contributed by atoms with van der Waals surface area (Å²) >= 11 is 0. The van der Waals surface area contributed by atoms with Gasteiger partial charge in [0.15, 0.2) is 0 Å². The second kappa shape index (κ2) is 12.9. The van der Waals surface area contributed by atoms with Crippen molar-refractivity contribution in [2.45, 2.75) is 96.9 Å². The van der Waals surface area contributed by atoms with Crippen molar-refractivity contribution in [2.24, 2.45) is 0 Å². The molecular formula is C41H48N6O4. The number of imidazole rings is 2. The van der Waals surface area contributed by atoms with Crippen LogP contribution in [0.4, 0.5) is 9.59 Å². The van der Waals surface area contributed by atoms with Gasteiger partial charge in [-0.15, -0.1) is 0 Å². The van der Waals surface area contributed by atoms with Crippen LogP contribution in [-0.2, 0) is 15.0 Å². The largest absolute Gasteiger partial charge is 0.444 e. The molecule has 51 heavy (non-hydrogen) atoms. The molecule has 10 heteroatoms. The summed E-state index contributed by atoms with van der Waals surface area (Å²) < 4.78 is 11.4. The number of fused-ring (bicyclic) bond motifs is 2. The van der Waals surface area contributed by atoms with Crippen LogP contribution in [0.2, 0.25) is 0 Å². The maximum atomic E-state index is 13.0. The molecule has 0 unspecified atom stereocenters. The number of ether oxygens (including phenoxy) is 2. The van der Waals surface area contributed by atoms with E-state index in [2.05, 4.69) is 77.6 Å². The molecule has 10 nitrogen and oxygen atoms in total. The Bertz CT molecular complexity index is 2130. The fourth-order valence-corrected chi connectivity index (χ4v) is 7.19. The third-order valence-corrected chi connectivity index (χ3v) is 9.71. The molecule has 4 heterocycles. The van der Waals surface area contributed by atoms with Crippen molar-refractivity contribution >= 4 is 46.1 Å². The predicted molar refractivity (Wildman–Crippen MR) is 201 cm³/mol. The van der Waals surface area contributed by atoms with E-state index in [1.54, 1.807) is 9.80 Å². The average molecular weight is 689 g/mol. The zero-order valence-electron chi connectivity index (χ0n) is 30.7. The van der Waals surface area contributed by atoms with Crippen LogP contribution in [0.5, 0.6) is 0 Å². The van der Waals surface area contributed by atoms with Gasteiger partial charge in [0.25, 0.3) is 0 Å². The molecular weight excluding hydrogens is 640 g/mol. The zero-order chi connectivity index (χ0) is 36.1. The van der Waals surface area contributed by atoms with Gasteiger partial charge in [-0.2, -0.15) is 0 Å². The quantitative estimate of drug-likeness (QED) is 0.178. The number of carbonyl (C=O) groups excluding carboxylic acids is 2. The summed E-state index contributed by atoms with van der Waals surface area (Å²) in [5.41, 5.74) is 4.27. The minimum absolute atomic E-state index is 0.121. The van der Waals surface area contributed by atoms with E-state index in [1.807, 2.05) is 53.8 Å². The van der Waals surface area contributed by atoms with Gasteiger partial charge in [0.2, 0.25) is 0 Å². The Morgan fingerprint density at radius 2 is 1.53 bits per heavy atom. The van der Waals surface area contributed by atoms with Gasteiger partial charge in [-0.3, -0.25) is 9.80 Å². The van der Waals surface area contributed by atoms with E-state index in [-0.39, 0.29) is 18.2 Å². The lowest BCUT2D eigenvalue weighted by molar-refractivity contribution is 0.00857. The first-order valence-corrected chi connectivity index (χ1v) is 17.9. The number of nitrogens with zero attached hydrogens (tertiary/aromatic N) is 4. The van der Waals surface area contributed by atoms with Crippen LogP contribution < -0.4 is 0 Å². The SMILES string of the molecule is CC(C)(C)OC(=O)N1CCC[C@H]1c1nc2ccc(/C=C/c3ccc4cc(-c5cnc([C@@]6(C)CCCN6C(=O)OC(C)(C)C)[nH]5)ccc4c3)cc2[nH]1. The smallest absolute Gasteiger partial charge is 0.411 e. The molecule has 0 aliphatic carbocycles. The number of likely N-dealkylation sites (tertiary alicyclic amines) is 2. The number of benzene rings is 3. The first-order chi connectivity index (χ1) is 24.1. The summed E-state index contributed by atoms with van der Waals surface area (Å²) in [5.74, 6) is 1.57. The molecule has 2 N–H and O–H groups in total. The van der Waals surface area contributed by atoms with Crippen LogP contribution in [0, 0.1) is 0 Å². The minimum atomic E-state index is -0.556. The van der Waals surface area contributed by atoms with E-state index < -0.39 is 16.7 Å². The van der Waals surface area contributed by atoms with Crippen molar-refractivity contribution in [1.82, 2.24) is 29.7 Å². The maximum Gasteiger partial charge on any atom is 0.411 e. The van der Waals surface area contributed by atoms with Crippen LogP contribution >= 0.6 is 0 Å². The Morgan fingerprint density at radius 1 is 0.843 bits per heavy atom. The lowest BCUT2D eigenvalue weighted by Gasteiger charge is -2.34. The number of rotatable bonds is 5. The van der Waals surface area contributed by atoms with E-state index >= 15 is 0 Å². The number of carbonyl (C=O) groups is 2. The highest BCUT2D eigenvalue weighted by molar-refractivity contribution is 5.90. The van der Waals surface area contributed by atoms with Crippen molar-refractivity contribution in [3.05, 3.63) is 83.6 Å². The fraction of sp³-hybridized carbons (Fsp3) is 0.415. The molecule has 2 amide bonds. The topological polar surface area (TPSA) is 116 Å². The number of H-pyrrole nitrogens is 2. The van der Waals surface area contributed by atoms with Crippen LogP contribution in [-0.4, -0.2) is 66.2 Å². The van der Waals surface area contributed by atoms with Crippen molar-refractivity contribution in [3.8, 4) is 11.3 Å². The molecule has 7 rings (SSSR count). The molecule has 3 aromatic carbocycles. The number of nitrogens with one attached hydrogen (secondary N) is 2. The van der Waals surface area contributed by atoms with Crippen LogP contribution in [0.1, 0.15) is 103 Å². The molecule has 266 valence electrons. The van der Waals surface area contributed by atoms with Gasteiger partial charge in [0.1, 0.15) is 28.4 Å². The highest BCUT2D eigenvalue weighted by Gasteiger charge is 2.45. The fourth-order valence-electron chi connectivity index (χ4n) is 7.19. The van der Waals surface area contributed by atoms with Crippen molar-refractivity contribution in [3.63, 3.8) is 0 Å². The van der Waals surface area contributed by atoms with E-state index in [0.717, 1.165) is 81.5 Å². The summed E-state index contributed by atoms with van der Waals surface area (Å²) in [5, 5.41) is 2.27. The molecule has 2 saturated heterocycles. The van der Waals surface area contributed by atoms with Gasteiger partial charge in [0.05, 0.1) is 29.0 Å². The van der Waals surface area contributed by atoms with Gasteiger partial charge in [-0.1, -0.05) is 42.5 Å². The van der Waals surface area contributed by atoms with E-state index in [1.165, 1.54) is 0 Å². The lowest BCUT2D eigenvalue weighted by atomic mass is 9.98. The third kappa shape index (κ3) is 7.22. The van der Waals surface area contributed by atoms with Crippen LogP contribution in [0.15, 0.2) is 60.8 Å². The molecule has 2 aliphatic heterocycles. The Morgan fingerprint density at radius 3 is 2.29 bits per heavy atom. The maximum absolute atomic E-state index is 13.0. The summed E-state index contributed by atoms with van der Waals surface area (Å²) in [6, 6.07) is 18.9. The highest BCUT2D eigenvalue weighted by Crippen LogP contribution is 2.39. The average Bonchev–Trinajstić information content (AvgIpc) is 3.87. The predicted octanol–water partition coefficient (Wildman–Crippen LogP) is 9.59. The second-order valence-corrected chi connectivity index (χ2v) is 16.0. The van der Waals surface area contributed by atoms with Gasteiger partial charge in [-0.25, -0.2) is 19.6 Å². The number of aromatic nitrogens is 4. The minimum Gasteiger partial charge on any atom is -0.444 e. The number of aromatic amines is 2. The first-order valence-electron chi connectivity index (χ1n) is 17.9. The van der Waals surface area contributed by atoms with Gasteiger partial charge in [-0.05, 0) is 120 Å². The molecule has 2 aromatic heterocycles. The van der Waals surface area contributed by atoms with Crippen LogP contribution in [0.3, 0.4) is 0 Å². The van der Waals surface area contributed by atoms with E-state index in [9.17, 15) is 9.59 Å². The number of hydrogen-bond donors (Lipinski definition) is 2. The van der Waals surface area contributed by atoms with Crippen molar-refractivity contribution in [2.75, 3.05) is 13.1 Å².